The third-order valence-electron chi connectivity index (χ3n) is 4.36. The monoisotopic (exact) mass is 344 g/mol. The average Bonchev–Trinajstić information content (AvgIpc) is 2.63. The first-order chi connectivity index (χ1) is 12.0. The lowest BCUT2D eigenvalue weighted by atomic mass is 10.1. The maximum absolute atomic E-state index is 13.7. The maximum atomic E-state index is 13.7. The molecule has 0 saturated carbocycles. The molecule has 6 heteroatoms. The summed E-state index contributed by atoms with van der Waals surface area (Å²) >= 11 is 0. The van der Waals surface area contributed by atoms with Gasteiger partial charge in [-0.15, -0.1) is 0 Å². The molecule has 0 spiro atoms. The van der Waals surface area contributed by atoms with Crippen molar-refractivity contribution in [2.75, 3.05) is 26.2 Å². The summed E-state index contributed by atoms with van der Waals surface area (Å²) in [5, 5.41) is 0. The van der Waals surface area contributed by atoms with Gasteiger partial charge in [0.2, 0.25) is 0 Å². The van der Waals surface area contributed by atoms with E-state index in [1.54, 1.807) is 17.9 Å². The molecule has 1 saturated heterocycles. The van der Waals surface area contributed by atoms with Crippen LogP contribution in [0.2, 0.25) is 0 Å². The molecule has 25 heavy (non-hydrogen) atoms. The highest BCUT2D eigenvalue weighted by molar-refractivity contribution is 5.96. The Morgan fingerprint density at radius 2 is 1.44 bits per heavy atom. The number of hydrogen-bond donors (Lipinski definition) is 0. The lowest BCUT2D eigenvalue weighted by Gasteiger charge is -2.35. The predicted octanol–water partition coefficient (Wildman–Crippen LogP) is 2.87. The second-order valence-corrected chi connectivity index (χ2v) is 6.03. The summed E-state index contributed by atoms with van der Waals surface area (Å²) in [4.78, 5) is 28.1. The van der Waals surface area contributed by atoms with E-state index in [0.29, 0.717) is 37.3 Å². The van der Waals surface area contributed by atoms with E-state index < -0.39 is 5.82 Å². The lowest BCUT2D eigenvalue weighted by molar-refractivity contribution is 0.0532. The van der Waals surface area contributed by atoms with E-state index in [-0.39, 0.29) is 23.2 Å². The minimum atomic E-state index is -0.548. The third kappa shape index (κ3) is 3.52. The molecule has 3 rings (SSSR count). The Hall–Kier alpha value is -2.76. The van der Waals surface area contributed by atoms with Crippen LogP contribution in [0.1, 0.15) is 26.3 Å². The minimum absolute atomic E-state index is 0.0384. The number of rotatable bonds is 2. The second-order valence-electron chi connectivity index (χ2n) is 6.03. The Labute approximate surface area is 144 Å². The van der Waals surface area contributed by atoms with Gasteiger partial charge in [0.1, 0.15) is 11.6 Å². The number of hydrogen-bond acceptors (Lipinski definition) is 2. The summed E-state index contributed by atoms with van der Waals surface area (Å²) in [6.45, 7) is 2.99. The standard InChI is InChI=1S/C19H18F2N2O2/c1-13-12-14(6-7-16(13)20)18(24)22-8-10-23(11-9-22)19(25)15-4-2-3-5-17(15)21/h2-7,12H,8-11H2,1H3. The highest BCUT2D eigenvalue weighted by Gasteiger charge is 2.26. The minimum Gasteiger partial charge on any atom is -0.335 e. The summed E-state index contributed by atoms with van der Waals surface area (Å²) in [7, 11) is 0. The summed E-state index contributed by atoms with van der Waals surface area (Å²) in [5.41, 5.74) is 0.878. The molecule has 130 valence electrons. The van der Waals surface area contributed by atoms with Crippen molar-refractivity contribution in [1.82, 2.24) is 9.80 Å². The van der Waals surface area contributed by atoms with Gasteiger partial charge in [0.15, 0.2) is 0 Å². The summed E-state index contributed by atoms with van der Waals surface area (Å²) in [5.74, 6) is -1.46. The van der Waals surface area contributed by atoms with E-state index >= 15 is 0 Å². The van der Waals surface area contributed by atoms with Crippen molar-refractivity contribution in [3.8, 4) is 0 Å². The van der Waals surface area contributed by atoms with Crippen LogP contribution in [0, 0.1) is 18.6 Å². The van der Waals surface area contributed by atoms with Gasteiger partial charge < -0.3 is 9.80 Å². The fourth-order valence-electron chi connectivity index (χ4n) is 2.88. The Kier molecular flexibility index (Phi) is 4.79. The predicted molar refractivity (Wildman–Crippen MR) is 89.3 cm³/mol. The summed E-state index contributed by atoms with van der Waals surface area (Å²) < 4.78 is 27.1. The van der Waals surface area contributed by atoms with Gasteiger partial charge in [0, 0.05) is 31.7 Å². The van der Waals surface area contributed by atoms with Crippen molar-refractivity contribution in [3.63, 3.8) is 0 Å². The first-order valence-electron chi connectivity index (χ1n) is 8.06. The fraction of sp³-hybridized carbons (Fsp3) is 0.263. The van der Waals surface area contributed by atoms with E-state index in [4.69, 9.17) is 0 Å². The molecule has 0 unspecified atom stereocenters. The molecule has 0 radical (unpaired) electrons. The van der Waals surface area contributed by atoms with E-state index in [9.17, 15) is 18.4 Å². The van der Waals surface area contributed by atoms with Crippen LogP contribution >= 0.6 is 0 Å². The molecule has 0 N–H and O–H groups in total. The molecule has 1 aliphatic rings. The fourth-order valence-corrected chi connectivity index (χ4v) is 2.88. The number of carbonyl (C=O) groups excluding carboxylic acids is 2. The molecule has 0 aliphatic carbocycles. The molecule has 0 atom stereocenters. The molecule has 1 aliphatic heterocycles. The second kappa shape index (κ2) is 7.01. The van der Waals surface area contributed by atoms with Crippen LogP contribution in [0.25, 0.3) is 0 Å². The van der Waals surface area contributed by atoms with Crippen LogP contribution in [0.4, 0.5) is 8.78 Å². The number of nitrogens with zero attached hydrogens (tertiary/aromatic N) is 2. The van der Waals surface area contributed by atoms with Crippen molar-refractivity contribution in [2.45, 2.75) is 6.92 Å². The van der Waals surface area contributed by atoms with Gasteiger partial charge >= 0.3 is 0 Å². The highest BCUT2D eigenvalue weighted by Crippen LogP contribution is 2.15. The molecule has 2 aromatic rings. The Bertz CT molecular complexity index is 815. The normalized spacial score (nSPS) is 14.5. The van der Waals surface area contributed by atoms with Gasteiger partial charge in [0.25, 0.3) is 11.8 Å². The van der Waals surface area contributed by atoms with Crippen LogP contribution < -0.4 is 0 Å². The largest absolute Gasteiger partial charge is 0.335 e. The van der Waals surface area contributed by atoms with Crippen LogP contribution in [0.5, 0.6) is 0 Å². The number of aryl methyl sites for hydroxylation is 1. The van der Waals surface area contributed by atoms with E-state index in [1.165, 1.54) is 41.3 Å². The lowest BCUT2D eigenvalue weighted by Crippen LogP contribution is -2.50. The van der Waals surface area contributed by atoms with Gasteiger partial charge in [-0.3, -0.25) is 9.59 Å². The van der Waals surface area contributed by atoms with Gasteiger partial charge in [-0.2, -0.15) is 0 Å². The molecule has 4 nitrogen and oxygen atoms in total. The maximum Gasteiger partial charge on any atom is 0.256 e. The van der Waals surface area contributed by atoms with Crippen molar-refractivity contribution in [2.24, 2.45) is 0 Å². The number of amides is 2. The van der Waals surface area contributed by atoms with Crippen LogP contribution in [-0.4, -0.2) is 47.8 Å². The quantitative estimate of drug-likeness (QED) is 0.841. The van der Waals surface area contributed by atoms with Gasteiger partial charge in [-0.25, -0.2) is 8.78 Å². The third-order valence-corrected chi connectivity index (χ3v) is 4.36. The number of piperazine rings is 1. The number of benzene rings is 2. The zero-order valence-corrected chi connectivity index (χ0v) is 13.8. The summed E-state index contributed by atoms with van der Waals surface area (Å²) in [6, 6.07) is 10.1. The number of halogens is 2. The highest BCUT2D eigenvalue weighted by atomic mass is 19.1. The molecule has 2 amide bonds. The SMILES string of the molecule is Cc1cc(C(=O)N2CCN(C(=O)c3ccccc3F)CC2)ccc1F. The molecule has 1 heterocycles. The van der Waals surface area contributed by atoms with E-state index in [2.05, 4.69) is 0 Å². The van der Waals surface area contributed by atoms with E-state index in [0.717, 1.165) is 0 Å². The van der Waals surface area contributed by atoms with Gasteiger partial charge in [-0.1, -0.05) is 12.1 Å². The average molecular weight is 344 g/mol. The Balaban J connectivity index is 1.65. The van der Waals surface area contributed by atoms with Gasteiger partial charge in [-0.05, 0) is 42.8 Å². The van der Waals surface area contributed by atoms with Crippen molar-refractivity contribution in [1.29, 1.82) is 0 Å². The first-order valence-corrected chi connectivity index (χ1v) is 8.06. The zero-order valence-electron chi connectivity index (χ0n) is 13.8. The van der Waals surface area contributed by atoms with Crippen LogP contribution in [0.15, 0.2) is 42.5 Å². The molecule has 2 aromatic carbocycles. The Morgan fingerprint density at radius 3 is 2.04 bits per heavy atom. The topological polar surface area (TPSA) is 40.6 Å². The van der Waals surface area contributed by atoms with Crippen LogP contribution in [-0.2, 0) is 0 Å². The Morgan fingerprint density at radius 1 is 0.840 bits per heavy atom. The van der Waals surface area contributed by atoms with Crippen molar-refractivity contribution in [3.05, 3.63) is 70.8 Å². The first kappa shape index (κ1) is 17.1. The molecule has 0 aromatic heterocycles. The zero-order chi connectivity index (χ0) is 18.0. The number of carbonyl (C=O) groups is 2. The molecule has 0 bridgehead atoms. The van der Waals surface area contributed by atoms with Crippen LogP contribution in [0.3, 0.4) is 0 Å². The molecular formula is C19H18F2N2O2. The molecular weight excluding hydrogens is 326 g/mol. The van der Waals surface area contributed by atoms with Crippen molar-refractivity contribution < 1.29 is 18.4 Å². The van der Waals surface area contributed by atoms with E-state index in [1.807, 2.05) is 0 Å². The van der Waals surface area contributed by atoms with Gasteiger partial charge in [0.05, 0.1) is 5.56 Å². The smallest absolute Gasteiger partial charge is 0.256 e. The summed E-state index contributed by atoms with van der Waals surface area (Å²) in [6.07, 6.45) is 0. The van der Waals surface area contributed by atoms with Crippen molar-refractivity contribution >= 4 is 11.8 Å². The molecule has 1 fully saturated rings.